The SMILES string of the molecule is CCCCCN(C(=O)c1ccc(I)cc1)C(C)C. The molecule has 0 saturated carbocycles. The van der Waals surface area contributed by atoms with Gasteiger partial charge >= 0.3 is 0 Å². The fourth-order valence-electron chi connectivity index (χ4n) is 1.88. The van der Waals surface area contributed by atoms with Crippen LogP contribution in [0.15, 0.2) is 24.3 Å². The van der Waals surface area contributed by atoms with Gasteiger partial charge in [0.25, 0.3) is 5.91 Å². The maximum absolute atomic E-state index is 12.4. The molecule has 2 nitrogen and oxygen atoms in total. The van der Waals surface area contributed by atoms with E-state index in [1.165, 1.54) is 12.8 Å². The van der Waals surface area contributed by atoms with Gasteiger partial charge in [-0.05, 0) is 67.1 Å². The summed E-state index contributed by atoms with van der Waals surface area (Å²) in [4.78, 5) is 14.4. The molecule has 0 radical (unpaired) electrons. The molecule has 0 atom stereocenters. The van der Waals surface area contributed by atoms with E-state index in [4.69, 9.17) is 0 Å². The summed E-state index contributed by atoms with van der Waals surface area (Å²) in [6, 6.07) is 8.06. The molecule has 0 aliphatic carbocycles. The number of halogens is 1. The molecule has 0 unspecified atom stereocenters. The van der Waals surface area contributed by atoms with Crippen LogP contribution in [0.2, 0.25) is 0 Å². The lowest BCUT2D eigenvalue weighted by molar-refractivity contribution is 0.0702. The van der Waals surface area contributed by atoms with E-state index in [9.17, 15) is 4.79 Å². The molecule has 0 saturated heterocycles. The maximum atomic E-state index is 12.4. The van der Waals surface area contributed by atoms with Gasteiger partial charge in [-0.2, -0.15) is 0 Å². The molecule has 0 bridgehead atoms. The van der Waals surface area contributed by atoms with Crippen LogP contribution < -0.4 is 0 Å². The van der Waals surface area contributed by atoms with Gasteiger partial charge in [0.05, 0.1) is 0 Å². The topological polar surface area (TPSA) is 20.3 Å². The molecule has 0 spiro atoms. The normalized spacial score (nSPS) is 10.7. The van der Waals surface area contributed by atoms with Gasteiger partial charge in [0, 0.05) is 21.7 Å². The molecule has 0 aliphatic rings. The zero-order valence-corrected chi connectivity index (χ0v) is 13.6. The zero-order valence-electron chi connectivity index (χ0n) is 11.4. The van der Waals surface area contributed by atoms with Crippen molar-refractivity contribution < 1.29 is 4.79 Å². The van der Waals surface area contributed by atoms with Crippen LogP contribution in [0.3, 0.4) is 0 Å². The lowest BCUT2D eigenvalue weighted by Gasteiger charge is -2.27. The highest BCUT2D eigenvalue weighted by Gasteiger charge is 2.17. The third-order valence-electron chi connectivity index (χ3n) is 2.98. The van der Waals surface area contributed by atoms with Crippen LogP contribution in [-0.2, 0) is 0 Å². The summed E-state index contributed by atoms with van der Waals surface area (Å²) in [5, 5.41) is 0. The lowest BCUT2D eigenvalue weighted by atomic mass is 10.1. The van der Waals surface area contributed by atoms with E-state index in [0.717, 1.165) is 22.1 Å². The number of carbonyl (C=O) groups is 1. The van der Waals surface area contributed by atoms with Gasteiger partial charge in [-0.25, -0.2) is 0 Å². The van der Waals surface area contributed by atoms with Crippen LogP contribution in [0.4, 0.5) is 0 Å². The van der Waals surface area contributed by atoms with Crippen LogP contribution >= 0.6 is 22.6 Å². The van der Waals surface area contributed by atoms with Crippen molar-refractivity contribution in [2.75, 3.05) is 6.54 Å². The number of unbranched alkanes of at least 4 members (excludes halogenated alkanes) is 2. The van der Waals surface area contributed by atoms with E-state index in [2.05, 4.69) is 43.4 Å². The van der Waals surface area contributed by atoms with E-state index in [1.54, 1.807) is 0 Å². The highest BCUT2D eigenvalue weighted by Crippen LogP contribution is 2.12. The van der Waals surface area contributed by atoms with Crippen molar-refractivity contribution in [2.45, 2.75) is 46.1 Å². The molecule has 0 heterocycles. The smallest absolute Gasteiger partial charge is 0.254 e. The third-order valence-corrected chi connectivity index (χ3v) is 3.70. The molecular weight excluding hydrogens is 337 g/mol. The van der Waals surface area contributed by atoms with E-state index in [0.29, 0.717) is 0 Å². The second-order valence-corrected chi connectivity index (χ2v) is 6.05. The summed E-state index contributed by atoms with van der Waals surface area (Å²) in [7, 11) is 0. The van der Waals surface area contributed by atoms with Crippen molar-refractivity contribution in [3.8, 4) is 0 Å². The largest absolute Gasteiger partial charge is 0.336 e. The van der Waals surface area contributed by atoms with Gasteiger partial charge in [0.15, 0.2) is 0 Å². The monoisotopic (exact) mass is 359 g/mol. The minimum atomic E-state index is 0.150. The summed E-state index contributed by atoms with van der Waals surface area (Å²) in [6.07, 6.45) is 3.46. The van der Waals surface area contributed by atoms with Crippen molar-refractivity contribution in [1.29, 1.82) is 0 Å². The van der Waals surface area contributed by atoms with Crippen molar-refractivity contribution in [2.24, 2.45) is 0 Å². The minimum Gasteiger partial charge on any atom is -0.336 e. The molecule has 0 N–H and O–H groups in total. The number of carbonyl (C=O) groups excluding carboxylic acids is 1. The van der Waals surface area contributed by atoms with Crippen LogP contribution in [-0.4, -0.2) is 23.4 Å². The second kappa shape index (κ2) is 7.77. The number of benzene rings is 1. The summed E-state index contributed by atoms with van der Waals surface area (Å²) in [5.41, 5.74) is 0.792. The first-order chi connectivity index (χ1) is 8.56. The fraction of sp³-hybridized carbons (Fsp3) is 0.533. The molecule has 3 heteroatoms. The van der Waals surface area contributed by atoms with Gasteiger partial charge in [-0.3, -0.25) is 4.79 Å². The Kier molecular flexibility index (Phi) is 6.68. The molecule has 0 fully saturated rings. The first-order valence-corrected chi connectivity index (χ1v) is 7.70. The van der Waals surface area contributed by atoms with Crippen LogP contribution in [0.1, 0.15) is 50.4 Å². The zero-order chi connectivity index (χ0) is 13.5. The maximum Gasteiger partial charge on any atom is 0.254 e. The molecular formula is C15H22INO. The van der Waals surface area contributed by atoms with Gasteiger partial charge < -0.3 is 4.90 Å². The Morgan fingerprint density at radius 3 is 2.33 bits per heavy atom. The molecule has 1 amide bonds. The van der Waals surface area contributed by atoms with Gasteiger partial charge in [0.1, 0.15) is 0 Å². The Bertz CT molecular complexity index is 373. The Balaban J connectivity index is 2.73. The van der Waals surface area contributed by atoms with E-state index < -0.39 is 0 Å². The number of hydrogen-bond donors (Lipinski definition) is 0. The van der Waals surface area contributed by atoms with Gasteiger partial charge in [-0.15, -0.1) is 0 Å². The molecule has 0 aromatic heterocycles. The summed E-state index contributed by atoms with van der Waals surface area (Å²) >= 11 is 2.25. The number of nitrogens with zero attached hydrogens (tertiary/aromatic N) is 1. The van der Waals surface area contributed by atoms with Crippen molar-refractivity contribution in [3.05, 3.63) is 33.4 Å². The van der Waals surface area contributed by atoms with Gasteiger partial charge in [-0.1, -0.05) is 19.8 Å². The van der Waals surface area contributed by atoms with E-state index >= 15 is 0 Å². The highest BCUT2D eigenvalue weighted by molar-refractivity contribution is 14.1. The minimum absolute atomic E-state index is 0.150. The predicted octanol–water partition coefficient (Wildman–Crippen LogP) is 4.33. The van der Waals surface area contributed by atoms with Crippen LogP contribution in [0.5, 0.6) is 0 Å². The average molecular weight is 359 g/mol. The summed E-state index contributed by atoms with van der Waals surface area (Å²) < 4.78 is 1.16. The molecule has 1 rings (SSSR count). The molecule has 100 valence electrons. The lowest BCUT2D eigenvalue weighted by Crippen LogP contribution is -2.37. The first-order valence-electron chi connectivity index (χ1n) is 6.62. The Hall–Kier alpha value is -0.580. The molecule has 0 aliphatic heterocycles. The predicted molar refractivity (Wildman–Crippen MR) is 84.9 cm³/mol. The average Bonchev–Trinajstić information content (AvgIpc) is 2.34. The van der Waals surface area contributed by atoms with Crippen molar-refractivity contribution in [1.82, 2.24) is 4.90 Å². The third kappa shape index (κ3) is 4.59. The number of hydrogen-bond acceptors (Lipinski definition) is 1. The molecule has 1 aromatic carbocycles. The van der Waals surface area contributed by atoms with Crippen LogP contribution in [0.25, 0.3) is 0 Å². The molecule has 1 aromatic rings. The highest BCUT2D eigenvalue weighted by atomic mass is 127. The fourth-order valence-corrected chi connectivity index (χ4v) is 2.24. The van der Waals surface area contributed by atoms with Crippen molar-refractivity contribution >= 4 is 28.5 Å². The van der Waals surface area contributed by atoms with E-state index in [-0.39, 0.29) is 11.9 Å². The van der Waals surface area contributed by atoms with E-state index in [1.807, 2.05) is 29.2 Å². The quantitative estimate of drug-likeness (QED) is 0.547. The Morgan fingerprint density at radius 2 is 1.83 bits per heavy atom. The Morgan fingerprint density at radius 1 is 1.22 bits per heavy atom. The molecule has 18 heavy (non-hydrogen) atoms. The Labute approximate surface area is 124 Å². The standard InChI is InChI=1S/C15H22INO/c1-4-5-6-11-17(12(2)3)15(18)13-7-9-14(16)10-8-13/h7-10,12H,4-6,11H2,1-3H3. The second-order valence-electron chi connectivity index (χ2n) is 4.81. The number of amides is 1. The first kappa shape index (κ1) is 15.5. The number of rotatable bonds is 6. The van der Waals surface area contributed by atoms with Crippen LogP contribution in [0, 0.1) is 3.57 Å². The van der Waals surface area contributed by atoms with Crippen molar-refractivity contribution in [3.63, 3.8) is 0 Å². The summed E-state index contributed by atoms with van der Waals surface area (Å²) in [5.74, 6) is 0.150. The van der Waals surface area contributed by atoms with Gasteiger partial charge in [0.2, 0.25) is 0 Å². The summed E-state index contributed by atoms with van der Waals surface area (Å²) in [6.45, 7) is 7.20.